The number of benzene rings is 2. The van der Waals surface area contributed by atoms with Gasteiger partial charge in [-0.25, -0.2) is 0 Å². The first kappa shape index (κ1) is 15.8. The summed E-state index contributed by atoms with van der Waals surface area (Å²) in [5.74, 6) is -0.519. The zero-order chi connectivity index (χ0) is 15.6. The molecule has 0 aliphatic heterocycles. The Morgan fingerprint density at radius 3 is 2.57 bits per heavy atom. The molecule has 0 fully saturated rings. The van der Waals surface area contributed by atoms with Crippen LogP contribution in [-0.2, 0) is 0 Å². The molecule has 0 saturated carbocycles. The standard InChI is InChI=1S/C13H7BrCl2N2O3/c14-9-3-1-7(5-12(9)18(20)21)13(19)17-11-6-8(15)2-4-10(11)16/h1-6H,(H,17,19). The van der Waals surface area contributed by atoms with Gasteiger partial charge < -0.3 is 5.32 Å². The number of nitrogens with one attached hydrogen (secondary N) is 1. The Labute approximate surface area is 138 Å². The van der Waals surface area contributed by atoms with Crippen LogP contribution in [0.15, 0.2) is 40.9 Å². The fourth-order valence-corrected chi connectivity index (χ4v) is 2.31. The van der Waals surface area contributed by atoms with Gasteiger partial charge in [0.1, 0.15) is 0 Å². The first-order valence-electron chi connectivity index (χ1n) is 5.59. The van der Waals surface area contributed by atoms with E-state index in [0.717, 1.165) is 0 Å². The molecule has 0 bridgehead atoms. The zero-order valence-corrected chi connectivity index (χ0v) is 13.4. The highest BCUT2D eigenvalue weighted by Gasteiger charge is 2.16. The van der Waals surface area contributed by atoms with Gasteiger partial charge in [0.25, 0.3) is 11.6 Å². The number of hydrogen-bond donors (Lipinski definition) is 1. The SMILES string of the molecule is O=C(Nc1cc(Cl)ccc1Cl)c1ccc(Br)c([N+](=O)[O-])c1. The fourth-order valence-electron chi connectivity index (χ4n) is 1.58. The lowest BCUT2D eigenvalue weighted by atomic mass is 10.2. The number of hydrogen-bond acceptors (Lipinski definition) is 3. The molecule has 5 nitrogen and oxygen atoms in total. The Bertz CT molecular complexity index is 737. The van der Waals surface area contributed by atoms with E-state index >= 15 is 0 Å². The Kier molecular flexibility index (Phi) is 4.82. The minimum Gasteiger partial charge on any atom is -0.321 e. The maximum Gasteiger partial charge on any atom is 0.284 e. The molecule has 2 aromatic rings. The third-order valence-corrected chi connectivity index (χ3v) is 3.82. The van der Waals surface area contributed by atoms with Gasteiger partial charge in [0.2, 0.25) is 0 Å². The molecule has 2 rings (SSSR count). The number of nitro groups is 1. The molecule has 0 aliphatic rings. The van der Waals surface area contributed by atoms with Crippen molar-refractivity contribution in [2.45, 2.75) is 0 Å². The van der Waals surface area contributed by atoms with E-state index in [1.54, 1.807) is 12.1 Å². The first-order chi connectivity index (χ1) is 9.88. The Hall–Kier alpha value is -1.63. The second kappa shape index (κ2) is 6.43. The van der Waals surface area contributed by atoms with Crippen molar-refractivity contribution >= 4 is 56.4 Å². The highest BCUT2D eigenvalue weighted by atomic mass is 79.9. The van der Waals surface area contributed by atoms with Crippen LogP contribution >= 0.6 is 39.1 Å². The Morgan fingerprint density at radius 2 is 1.90 bits per heavy atom. The van der Waals surface area contributed by atoms with E-state index in [4.69, 9.17) is 23.2 Å². The van der Waals surface area contributed by atoms with Gasteiger partial charge in [-0.05, 0) is 46.3 Å². The maximum atomic E-state index is 12.1. The van der Waals surface area contributed by atoms with Crippen molar-refractivity contribution in [3.8, 4) is 0 Å². The smallest absolute Gasteiger partial charge is 0.284 e. The summed E-state index contributed by atoms with van der Waals surface area (Å²) in [5, 5.41) is 14.2. The molecule has 0 aliphatic carbocycles. The van der Waals surface area contributed by atoms with Crippen molar-refractivity contribution in [2.24, 2.45) is 0 Å². The zero-order valence-electron chi connectivity index (χ0n) is 10.3. The number of rotatable bonds is 3. The van der Waals surface area contributed by atoms with Crippen LogP contribution in [0.1, 0.15) is 10.4 Å². The van der Waals surface area contributed by atoms with Crippen molar-refractivity contribution in [1.82, 2.24) is 0 Å². The van der Waals surface area contributed by atoms with Crippen LogP contribution in [0.3, 0.4) is 0 Å². The highest BCUT2D eigenvalue weighted by molar-refractivity contribution is 9.10. The van der Waals surface area contributed by atoms with Crippen molar-refractivity contribution < 1.29 is 9.72 Å². The fraction of sp³-hybridized carbons (Fsp3) is 0. The van der Waals surface area contributed by atoms with E-state index < -0.39 is 10.8 Å². The van der Waals surface area contributed by atoms with Crippen molar-refractivity contribution in [3.63, 3.8) is 0 Å². The predicted octanol–water partition coefficient (Wildman–Crippen LogP) is 4.92. The van der Waals surface area contributed by atoms with E-state index in [2.05, 4.69) is 21.2 Å². The number of nitro benzene ring substituents is 1. The molecule has 0 atom stereocenters. The van der Waals surface area contributed by atoms with Gasteiger partial charge >= 0.3 is 0 Å². The van der Waals surface area contributed by atoms with Gasteiger partial charge in [-0.1, -0.05) is 23.2 Å². The lowest BCUT2D eigenvalue weighted by Crippen LogP contribution is -2.12. The van der Waals surface area contributed by atoms with Crippen LogP contribution in [0.5, 0.6) is 0 Å². The molecular formula is C13H7BrCl2N2O3. The molecule has 0 aromatic heterocycles. The highest BCUT2D eigenvalue weighted by Crippen LogP contribution is 2.28. The summed E-state index contributed by atoms with van der Waals surface area (Å²) in [5.41, 5.74) is 0.278. The monoisotopic (exact) mass is 388 g/mol. The van der Waals surface area contributed by atoms with Crippen LogP contribution in [-0.4, -0.2) is 10.8 Å². The van der Waals surface area contributed by atoms with Gasteiger partial charge in [0.15, 0.2) is 0 Å². The number of nitrogens with zero attached hydrogens (tertiary/aromatic N) is 1. The second-order valence-electron chi connectivity index (χ2n) is 4.00. The molecule has 8 heteroatoms. The molecule has 0 radical (unpaired) electrons. The molecule has 2 aromatic carbocycles. The van der Waals surface area contributed by atoms with E-state index in [-0.39, 0.29) is 11.3 Å². The number of carbonyl (C=O) groups is 1. The van der Waals surface area contributed by atoms with Gasteiger partial charge in [0, 0.05) is 16.7 Å². The quantitative estimate of drug-likeness (QED) is 0.598. The van der Waals surface area contributed by atoms with Gasteiger partial charge in [-0.2, -0.15) is 0 Å². The normalized spacial score (nSPS) is 10.2. The summed E-state index contributed by atoms with van der Waals surface area (Å²) in [6.07, 6.45) is 0. The summed E-state index contributed by atoms with van der Waals surface area (Å²) in [7, 11) is 0. The lowest BCUT2D eigenvalue weighted by Gasteiger charge is -2.08. The van der Waals surface area contributed by atoms with Crippen LogP contribution in [0.25, 0.3) is 0 Å². The third-order valence-electron chi connectivity index (χ3n) is 2.58. The number of carbonyl (C=O) groups excluding carboxylic acids is 1. The molecule has 1 N–H and O–H groups in total. The van der Waals surface area contributed by atoms with Gasteiger partial charge in [0.05, 0.1) is 20.1 Å². The molecule has 1 amide bonds. The Balaban J connectivity index is 2.30. The predicted molar refractivity (Wildman–Crippen MR) is 85.2 cm³/mol. The van der Waals surface area contributed by atoms with Crippen molar-refractivity contribution in [2.75, 3.05) is 5.32 Å². The molecule has 0 spiro atoms. The second-order valence-corrected chi connectivity index (χ2v) is 5.70. The summed E-state index contributed by atoms with van der Waals surface area (Å²) < 4.78 is 0.296. The summed E-state index contributed by atoms with van der Waals surface area (Å²) in [6.45, 7) is 0. The summed E-state index contributed by atoms with van der Waals surface area (Å²) >= 11 is 14.8. The van der Waals surface area contributed by atoms with Gasteiger partial charge in [-0.3, -0.25) is 14.9 Å². The largest absolute Gasteiger partial charge is 0.321 e. The lowest BCUT2D eigenvalue weighted by molar-refractivity contribution is -0.385. The minimum atomic E-state index is -0.576. The Morgan fingerprint density at radius 1 is 1.19 bits per heavy atom. The van der Waals surface area contributed by atoms with Gasteiger partial charge in [-0.15, -0.1) is 0 Å². The maximum absolute atomic E-state index is 12.1. The summed E-state index contributed by atoms with van der Waals surface area (Å²) in [4.78, 5) is 22.4. The third kappa shape index (κ3) is 3.72. The number of amides is 1. The average Bonchev–Trinajstić information content (AvgIpc) is 2.43. The van der Waals surface area contributed by atoms with E-state index in [1.165, 1.54) is 24.3 Å². The van der Waals surface area contributed by atoms with E-state index in [1.807, 2.05) is 0 Å². The number of halogens is 3. The number of anilines is 1. The molecule has 0 heterocycles. The summed E-state index contributed by atoms with van der Waals surface area (Å²) in [6, 6.07) is 8.71. The molecule has 0 saturated heterocycles. The topological polar surface area (TPSA) is 72.2 Å². The van der Waals surface area contributed by atoms with E-state index in [9.17, 15) is 14.9 Å². The van der Waals surface area contributed by atoms with Crippen molar-refractivity contribution in [1.29, 1.82) is 0 Å². The van der Waals surface area contributed by atoms with Crippen LogP contribution in [0.4, 0.5) is 11.4 Å². The van der Waals surface area contributed by atoms with E-state index in [0.29, 0.717) is 20.2 Å². The van der Waals surface area contributed by atoms with Crippen LogP contribution in [0, 0.1) is 10.1 Å². The van der Waals surface area contributed by atoms with Crippen LogP contribution in [0.2, 0.25) is 10.0 Å². The molecular weight excluding hydrogens is 383 g/mol. The molecule has 0 unspecified atom stereocenters. The molecule has 108 valence electrons. The minimum absolute atomic E-state index is 0.140. The first-order valence-corrected chi connectivity index (χ1v) is 7.13. The van der Waals surface area contributed by atoms with Crippen LogP contribution < -0.4 is 5.32 Å². The molecule has 21 heavy (non-hydrogen) atoms. The van der Waals surface area contributed by atoms with Crippen molar-refractivity contribution in [3.05, 3.63) is 66.6 Å². The average molecular weight is 390 g/mol.